The number of hydrogen-bond donors (Lipinski definition) is 2. The van der Waals surface area contributed by atoms with Crippen LogP contribution >= 0.6 is 0 Å². The lowest BCUT2D eigenvalue weighted by Crippen LogP contribution is -2.03. The van der Waals surface area contributed by atoms with Crippen molar-refractivity contribution in [2.45, 2.75) is 13.8 Å². The lowest BCUT2D eigenvalue weighted by molar-refractivity contribution is 0.423. The highest BCUT2D eigenvalue weighted by atomic mass is 16.3. The minimum Gasteiger partial charge on any atom is -0.508 e. The number of rotatable bonds is 3. The quantitative estimate of drug-likeness (QED) is 0.481. The van der Waals surface area contributed by atoms with Crippen molar-refractivity contribution in [3.63, 3.8) is 0 Å². The van der Waals surface area contributed by atoms with Gasteiger partial charge >= 0.3 is 0 Å². The van der Waals surface area contributed by atoms with Gasteiger partial charge in [0.15, 0.2) is 0 Å². The van der Waals surface area contributed by atoms with Gasteiger partial charge in [0, 0.05) is 18.8 Å². The van der Waals surface area contributed by atoms with Crippen LogP contribution in [0.5, 0.6) is 0 Å². The Balaban J connectivity index is 4.40. The van der Waals surface area contributed by atoms with Crippen molar-refractivity contribution in [2.75, 3.05) is 7.05 Å². The molecule has 0 aliphatic heterocycles. The molecule has 0 aromatic heterocycles. The van der Waals surface area contributed by atoms with Crippen LogP contribution in [-0.2, 0) is 0 Å². The van der Waals surface area contributed by atoms with E-state index in [1.165, 1.54) is 0 Å². The normalized spacial score (nSPS) is 13.0. The van der Waals surface area contributed by atoms with E-state index in [2.05, 4.69) is 11.9 Å². The first-order chi connectivity index (χ1) is 5.11. The Morgan fingerprint density at radius 2 is 2.09 bits per heavy atom. The summed E-state index contributed by atoms with van der Waals surface area (Å²) in [5.41, 5.74) is 1.55. The maximum absolute atomic E-state index is 9.24. The highest BCUT2D eigenvalue weighted by Gasteiger charge is 1.93. The second-order valence-electron chi connectivity index (χ2n) is 2.30. The summed E-state index contributed by atoms with van der Waals surface area (Å²) in [5.74, 6) is 0.215. The largest absolute Gasteiger partial charge is 0.508 e. The number of aliphatic hydroxyl groups is 1. The second kappa shape index (κ2) is 4.61. The first-order valence-electron chi connectivity index (χ1n) is 3.52. The van der Waals surface area contributed by atoms with Gasteiger partial charge in [-0.15, -0.1) is 0 Å². The van der Waals surface area contributed by atoms with Gasteiger partial charge in [0.25, 0.3) is 0 Å². The molecule has 0 bridgehead atoms. The van der Waals surface area contributed by atoms with Gasteiger partial charge in [-0.1, -0.05) is 12.7 Å². The van der Waals surface area contributed by atoms with Crippen LogP contribution in [0, 0.1) is 0 Å². The Kier molecular flexibility index (Phi) is 4.11. The van der Waals surface area contributed by atoms with E-state index < -0.39 is 0 Å². The Bertz CT molecular complexity index is 202. The van der Waals surface area contributed by atoms with Crippen molar-refractivity contribution in [1.29, 1.82) is 0 Å². The smallest absolute Gasteiger partial charge is 0.119 e. The van der Waals surface area contributed by atoms with Gasteiger partial charge in [-0.2, -0.15) is 0 Å². The molecule has 0 rings (SSSR count). The molecule has 0 amide bonds. The van der Waals surface area contributed by atoms with Crippen LogP contribution in [-0.4, -0.2) is 12.2 Å². The SMILES string of the molecule is C=C(C)/C(O)=C\C(=CC)NC. The van der Waals surface area contributed by atoms with Crippen LogP contribution < -0.4 is 5.32 Å². The molecule has 11 heavy (non-hydrogen) atoms. The van der Waals surface area contributed by atoms with Crippen molar-refractivity contribution in [2.24, 2.45) is 0 Å². The average Bonchev–Trinajstić information content (AvgIpc) is 1.99. The van der Waals surface area contributed by atoms with E-state index in [9.17, 15) is 5.11 Å². The first-order valence-corrected chi connectivity index (χ1v) is 3.52. The fraction of sp³-hybridized carbons (Fsp3) is 0.333. The predicted molar refractivity (Wildman–Crippen MR) is 48.3 cm³/mol. The van der Waals surface area contributed by atoms with Gasteiger partial charge < -0.3 is 10.4 Å². The van der Waals surface area contributed by atoms with Crippen molar-refractivity contribution in [3.8, 4) is 0 Å². The number of allylic oxidation sites excluding steroid dienone is 3. The summed E-state index contributed by atoms with van der Waals surface area (Å²) in [6.45, 7) is 7.26. The number of likely N-dealkylation sites (N-methyl/N-ethyl adjacent to an activating group) is 1. The maximum Gasteiger partial charge on any atom is 0.119 e. The molecule has 0 atom stereocenters. The van der Waals surface area contributed by atoms with E-state index in [-0.39, 0.29) is 5.76 Å². The van der Waals surface area contributed by atoms with Crippen LogP contribution in [0.4, 0.5) is 0 Å². The van der Waals surface area contributed by atoms with E-state index in [0.717, 1.165) is 5.70 Å². The molecule has 0 unspecified atom stereocenters. The second-order valence-corrected chi connectivity index (χ2v) is 2.30. The Hall–Kier alpha value is -1.18. The number of hydrogen-bond acceptors (Lipinski definition) is 2. The first kappa shape index (κ1) is 9.82. The number of nitrogens with one attached hydrogen (secondary N) is 1. The van der Waals surface area contributed by atoms with Crippen LogP contribution in [0.25, 0.3) is 0 Å². The topological polar surface area (TPSA) is 32.3 Å². The lowest BCUT2D eigenvalue weighted by atomic mass is 10.2. The Labute approximate surface area is 67.9 Å². The molecule has 0 spiro atoms. The minimum absolute atomic E-state index is 0.215. The summed E-state index contributed by atoms with van der Waals surface area (Å²) in [6.07, 6.45) is 3.52. The van der Waals surface area contributed by atoms with Gasteiger partial charge in [0.05, 0.1) is 0 Å². The van der Waals surface area contributed by atoms with Crippen molar-refractivity contribution >= 4 is 0 Å². The standard InChI is InChI=1S/C9H15NO/c1-5-8(10-4)6-9(11)7(2)3/h5-6,10-11H,2H2,1,3-4H3/b8-5?,9-6+. The third-order valence-electron chi connectivity index (χ3n) is 1.33. The summed E-state index contributed by atoms with van der Waals surface area (Å²) in [4.78, 5) is 0. The van der Waals surface area contributed by atoms with Gasteiger partial charge in [-0.25, -0.2) is 0 Å². The molecular formula is C9H15NO. The monoisotopic (exact) mass is 153 g/mol. The van der Waals surface area contributed by atoms with E-state index in [0.29, 0.717) is 5.57 Å². The van der Waals surface area contributed by atoms with E-state index in [4.69, 9.17) is 0 Å². The summed E-state index contributed by atoms with van der Waals surface area (Å²) >= 11 is 0. The van der Waals surface area contributed by atoms with E-state index in [1.807, 2.05) is 13.0 Å². The van der Waals surface area contributed by atoms with Crippen molar-refractivity contribution < 1.29 is 5.11 Å². The molecule has 2 N–H and O–H groups in total. The summed E-state index contributed by atoms with van der Waals surface area (Å²) in [6, 6.07) is 0. The van der Waals surface area contributed by atoms with Crippen molar-refractivity contribution in [1.82, 2.24) is 5.32 Å². The molecule has 0 saturated carbocycles. The van der Waals surface area contributed by atoms with Crippen LogP contribution in [0.1, 0.15) is 13.8 Å². The van der Waals surface area contributed by atoms with Gasteiger partial charge in [-0.3, -0.25) is 0 Å². The fourth-order valence-corrected chi connectivity index (χ4v) is 0.570. The maximum atomic E-state index is 9.24. The minimum atomic E-state index is 0.215. The molecule has 0 aromatic rings. The zero-order valence-electron chi connectivity index (χ0n) is 7.31. The highest BCUT2D eigenvalue weighted by Crippen LogP contribution is 2.04. The molecule has 0 aromatic carbocycles. The van der Waals surface area contributed by atoms with Crippen molar-refractivity contribution in [3.05, 3.63) is 35.8 Å². The summed E-state index contributed by atoms with van der Waals surface area (Å²) < 4.78 is 0. The Morgan fingerprint density at radius 3 is 2.36 bits per heavy atom. The van der Waals surface area contributed by atoms with Crippen LogP contribution in [0.3, 0.4) is 0 Å². The molecule has 0 saturated heterocycles. The molecular weight excluding hydrogens is 138 g/mol. The van der Waals surface area contributed by atoms with Crippen LogP contribution in [0.15, 0.2) is 35.8 Å². The predicted octanol–water partition coefficient (Wildman–Crippen LogP) is 2.13. The summed E-state index contributed by atoms with van der Waals surface area (Å²) in [7, 11) is 1.80. The Morgan fingerprint density at radius 1 is 1.55 bits per heavy atom. The van der Waals surface area contributed by atoms with E-state index in [1.54, 1.807) is 20.0 Å². The van der Waals surface area contributed by atoms with Gasteiger partial charge in [0.2, 0.25) is 0 Å². The molecule has 0 fully saturated rings. The third-order valence-corrected chi connectivity index (χ3v) is 1.33. The van der Waals surface area contributed by atoms with Gasteiger partial charge in [0.1, 0.15) is 5.76 Å². The molecule has 0 aliphatic rings. The zero-order chi connectivity index (χ0) is 8.85. The van der Waals surface area contributed by atoms with Crippen LogP contribution in [0.2, 0.25) is 0 Å². The van der Waals surface area contributed by atoms with Gasteiger partial charge in [-0.05, 0) is 19.4 Å². The highest BCUT2D eigenvalue weighted by molar-refractivity contribution is 5.28. The zero-order valence-corrected chi connectivity index (χ0v) is 7.31. The lowest BCUT2D eigenvalue weighted by Gasteiger charge is -2.01. The molecule has 0 aliphatic carbocycles. The molecule has 62 valence electrons. The molecule has 2 nitrogen and oxygen atoms in total. The third kappa shape index (κ3) is 3.50. The molecule has 2 heteroatoms. The molecule has 0 radical (unpaired) electrons. The fourth-order valence-electron chi connectivity index (χ4n) is 0.570. The molecule has 0 heterocycles. The summed E-state index contributed by atoms with van der Waals surface area (Å²) in [5, 5.41) is 12.2. The van der Waals surface area contributed by atoms with E-state index >= 15 is 0 Å². The average molecular weight is 153 g/mol. The number of aliphatic hydroxyl groups excluding tert-OH is 1.